The number of nitrogens with zero attached hydrogens (tertiary/aromatic N) is 2. The van der Waals surface area contributed by atoms with Crippen LogP contribution in [0.15, 0.2) is 51.6 Å². The molecule has 7 nitrogen and oxygen atoms in total. The van der Waals surface area contributed by atoms with Gasteiger partial charge in [-0.3, -0.25) is 4.79 Å². The Balaban J connectivity index is 1.61. The summed E-state index contributed by atoms with van der Waals surface area (Å²) in [7, 11) is 0. The lowest BCUT2D eigenvalue weighted by Crippen LogP contribution is -2.39. The Hall–Kier alpha value is -2.29. The number of rotatable bonds is 6. The van der Waals surface area contributed by atoms with Crippen molar-refractivity contribution >= 4 is 40.4 Å². The fraction of sp³-hybridized carbons (Fsp3) is 0.480. The smallest absolute Gasteiger partial charge is 0.338 e. The van der Waals surface area contributed by atoms with Gasteiger partial charge < -0.3 is 19.7 Å². The average Bonchev–Trinajstić information content (AvgIpc) is 3.41. The van der Waals surface area contributed by atoms with Crippen molar-refractivity contribution in [2.75, 3.05) is 13.2 Å². The first kappa shape index (κ1) is 24.8. The number of amidine groups is 1. The molecule has 3 aliphatic heterocycles. The molecule has 0 saturated carbocycles. The number of hydrogen-bond donors (Lipinski definition) is 1. The molecule has 3 aliphatic rings. The third-order valence-electron chi connectivity index (χ3n) is 5.70. The van der Waals surface area contributed by atoms with Gasteiger partial charge in [0.1, 0.15) is 5.60 Å². The Kier molecular flexibility index (Phi) is 7.40. The quantitative estimate of drug-likeness (QED) is 0.554. The van der Waals surface area contributed by atoms with Crippen LogP contribution in [0.1, 0.15) is 58.6 Å². The number of benzene rings is 1. The number of carbonyl (C=O) groups is 2. The molecule has 2 atom stereocenters. The van der Waals surface area contributed by atoms with Gasteiger partial charge in [0.25, 0.3) is 0 Å². The minimum atomic E-state index is -0.653. The highest BCUT2D eigenvalue weighted by atomic mass is 35.5. The van der Waals surface area contributed by atoms with Crippen LogP contribution in [0, 0.1) is 0 Å². The van der Waals surface area contributed by atoms with Crippen LogP contribution in [0.5, 0.6) is 0 Å². The van der Waals surface area contributed by atoms with Gasteiger partial charge in [0.15, 0.2) is 5.17 Å². The van der Waals surface area contributed by atoms with E-state index in [0.717, 1.165) is 35.9 Å². The maximum absolute atomic E-state index is 13.3. The molecule has 1 amide bonds. The monoisotopic (exact) mass is 503 g/mol. The molecule has 1 aromatic carbocycles. The van der Waals surface area contributed by atoms with Crippen LogP contribution in [0.3, 0.4) is 0 Å². The van der Waals surface area contributed by atoms with E-state index in [-0.39, 0.29) is 18.4 Å². The first-order chi connectivity index (χ1) is 16.1. The summed E-state index contributed by atoms with van der Waals surface area (Å²) in [6.45, 7) is 8.58. The second-order valence-corrected chi connectivity index (χ2v) is 10.8. The normalized spacial score (nSPS) is 22.3. The number of hydrogen-bond acceptors (Lipinski definition) is 7. The molecule has 4 rings (SSSR count). The van der Waals surface area contributed by atoms with Crippen LogP contribution >= 0.6 is 23.4 Å². The number of fused-ring (bicyclic) bond motifs is 1. The minimum Gasteiger partial charge on any atom is -0.456 e. The van der Waals surface area contributed by atoms with Gasteiger partial charge in [-0.15, -0.1) is 0 Å². The Morgan fingerprint density at radius 3 is 2.68 bits per heavy atom. The zero-order valence-electron chi connectivity index (χ0n) is 19.9. The predicted octanol–water partition coefficient (Wildman–Crippen LogP) is 4.94. The zero-order valence-corrected chi connectivity index (χ0v) is 21.5. The van der Waals surface area contributed by atoms with Crippen molar-refractivity contribution in [2.45, 2.75) is 64.7 Å². The first-order valence-electron chi connectivity index (χ1n) is 11.4. The fourth-order valence-corrected chi connectivity index (χ4v) is 5.27. The van der Waals surface area contributed by atoms with Gasteiger partial charge in [0, 0.05) is 23.9 Å². The molecule has 34 heavy (non-hydrogen) atoms. The molecule has 1 aromatic rings. The number of amides is 1. The molecule has 1 fully saturated rings. The van der Waals surface area contributed by atoms with Gasteiger partial charge in [0.2, 0.25) is 5.91 Å². The number of esters is 1. The molecule has 1 saturated heterocycles. The van der Waals surface area contributed by atoms with Crippen molar-refractivity contribution in [1.82, 2.24) is 10.2 Å². The molecular weight excluding hydrogens is 474 g/mol. The van der Waals surface area contributed by atoms with E-state index in [1.54, 1.807) is 12.1 Å². The number of ether oxygens (including phenoxy) is 2. The summed E-state index contributed by atoms with van der Waals surface area (Å²) in [6, 6.07) is 6.90. The van der Waals surface area contributed by atoms with Crippen LogP contribution < -0.4 is 5.32 Å². The van der Waals surface area contributed by atoms with Gasteiger partial charge in [-0.1, -0.05) is 35.5 Å². The molecule has 0 unspecified atom stereocenters. The molecule has 0 bridgehead atoms. The lowest BCUT2D eigenvalue weighted by molar-refractivity contribution is -0.150. The van der Waals surface area contributed by atoms with Crippen LogP contribution in [0.2, 0.25) is 5.02 Å². The van der Waals surface area contributed by atoms with E-state index in [1.807, 2.05) is 50.1 Å². The number of thioether (sulfide) groups is 1. The van der Waals surface area contributed by atoms with Crippen LogP contribution in [-0.4, -0.2) is 46.8 Å². The second-order valence-electron chi connectivity index (χ2n) is 9.56. The summed E-state index contributed by atoms with van der Waals surface area (Å²) < 4.78 is 11.3. The third kappa shape index (κ3) is 5.67. The molecule has 3 heterocycles. The van der Waals surface area contributed by atoms with Crippen molar-refractivity contribution in [3.8, 4) is 0 Å². The van der Waals surface area contributed by atoms with Gasteiger partial charge in [0.05, 0.1) is 29.8 Å². The standard InChI is InChI=1S/C25H30ClN3O4S/c1-15-21(23(31)33-25(2,3)4)22(16-7-9-17(26)10-8-16)29-18(14-34-24(29)28-15)12-20(30)27-13-19-6-5-11-32-19/h7-10,14,19,22H,5-6,11-13H2,1-4H3,(H,27,30)/t19-,22-/m1/s1. The maximum Gasteiger partial charge on any atom is 0.338 e. The third-order valence-corrected chi connectivity index (χ3v) is 6.84. The first-order valence-corrected chi connectivity index (χ1v) is 12.7. The second kappa shape index (κ2) is 10.1. The van der Waals surface area contributed by atoms with E-state index in [9.17, 15) is 9.59 Å². The van der Waals surface area contributed by atoms with E-state index >= 15 is 0 Å². The molecule has 0 spiro atoms. The van der Waals surface area contributed by atoms with Crippen molar-refractivity contribution in [3.63, 3.8) is 0 Å². The highest BCUT2D eigenvalue weighted by molar-refractivity contribution is 8.16. The van der Waals surface area contributed by atoms with Gasteiger partial charge in [-0.25, -0.2) is 9.79 Å². The van der Waals surface area contributed by atoms with Gasteiger partial charge in [-0.2, -0.15) is 0 Å². The molecule has 0 radical (unpaired) electrons. The van der Waals surface area contributed by atoms with E-state index in [0.29, 0.717) is 22.8 Å². The summed E-state index contributed by atoms with van der Waals surface area (Å²) in [5.41, 5.74) is 2.05. The van der Waals surface area contributed by atoms with Crippen molar-refractivity contribution in [2.24, 2.45) is 4.99 Å². The predicted molar refractivity (Wildman–Crippen MR) is 134 cm³/mol. The van der Waals surface area contributed by atoms with E-state index in [2.05, 4.69) is 5.32 Å². The Morgan fingerprint density at radius 1 is 1.29 bits per heavy atom. The molecule has 9 heteroatoms. The number of aliphatic imine (C=N–C) groups is 1. The highest BCUT2D eigenvalue weighted by Crippen LogP contribution is 2.45. The molecule has 182 valence electrons. The summed E-state index contributed by atoms with van der Waals surface area (Å²) in [6.07, 6.45) is 2.24. The summed E-state index contributed by atoms with van der Waals surface area (Å²) in [5.74, 6) is -0.518. The van der Waals surface area contributed by atoms with Gasteiger partial charge >= 0.3 is 5.97 Å². The van der Waals surface area contributed by atoms with Crippen molar-refractivity contribution in [1.29, 1.82) is 0 Å². The molecule has 0 aromatic heterocycles. The molecule has 0 aliphatic carbocycles. The largest absolute Gasteiger partial charge is 0.456 e. The lowest BCUT2D eigenvalue weighted by Gasteiger charge is -2.37. The summed E-state index contributed by atoms with van der Waals surface area (Å²) in [4.78, 5) is 32.8. The average molecular weight is 504 g/mol. The van der Waals surface area contributed by atoms with Crippen LogP contribution in [-0.2, 0) is 19.1 Å². The van der Waals surface area contributed by atoms with Crippen LogP contribution in [0.4, 0.5) is 0 Å². The fourth-order valence-electron chi connectivity index (χ4n) is 4.18. The van der Waals surface area contributed by atoms with E-state index in [4.69, 9.17) is 26.1 Å². The van der Waals surface area contributed by atoms with E-state index < -0.39 is 17.6 Å². The zero-order chi connectivity index (χ0) is 24.5. The topological polar surface area (TPSA) is 80.2 Å². The molecular formula is C25H30ClN3O4S. The Labute approximate surface area is 209 Å². The SMILES string of the molecule is CC1=C(C(=O)OC(C)(C)C)[C@@H](c2ccc(Cl)cc2)N2C(CC(=O)NC[C@H]3CCCO3)=CSC2=N1. The van der Waals surface area contributed by atoms with Crippen LogP contribution in [0.25, 0.3) is 0 Å². The highest BCUT2D eigenvalue weighted by Gasteiger charge is 2.41. The number of halogens is 1. The van der Waals surface area contributed by atoms with Crippen molar-refractivity contribution in [3.05, 3.63) is 57.2 Å². The Bertz CT molecular complexity index is 1050. The number of allylic oxidation sites excluding steroid dienone is 1. The van der Waals surface area contributed by atoms with Gasteiger partial charge in [-0.05, 0) is 63.6 Å². The summed E-state index contributed by atoms with van der Waals surface area (Å²) in [5, 5.41) is 6.24. The number of nitrogens with one attached hydrogen (secondary N) is 1. The minimum absolute atomic E-state index is 0.0779. The molecule has 1 N–H and O–H groups in total. The Morgan fingerprint density at radius 2 is 2.03 bits per heavy atom. The maximum atomic E-state index is 13.3. The lowest BCUT2D eigenvalue weighted by atomic mass is 9.93. The van der Waals surface area contributed by atoms with Crippen molar-refractivity contribution < 1.29 is 19.1 Å². The number of carbonyl (C=O) groups excluding carboxylic acids is 2. The summed E-state index contributed by atoms with van der Waals surface area (Å²) >= 11 is 7.59. The van der Waals surface area contributed by atoms with E-state index in [1.165, 1.54) is 11.8 Å².